The van der Waals surface area contributed by atoms with Crippen LogP contribution >= 0.6 is 0 Å². The standard InChI is InChI=1S/C23H31F6N7O3/c1-12-10-36(15-3-5-35(6-4-15)21-30-7-14(8-31-21)22(24,25)26)20(38)18(12)39-11-13(2)33-16-9-32-34-19(37)17(16)23(27,28)29/h7-8,12-13,15-18,32-33H,3-6,9-11H2,1-2H3,(H,34,37)/t12-,13-,16?,17?,18+/m0/s1. The molecule has 0 radical (unpaired) electrons. The smallest absolute Gasteiger partial charge is 0.366 e. The van der Waals surface area contributed by atoms with Gasteiger partial charge in [-0.2, -0.15) is 26.3 Å². The average molecular weight is 568 g/mol. The molecule has 4 rings (SSSR count). The van der Waals surface area contributed by atoms with Crippen molar-refractivity contribution in [3.05, 3.63) is 18.0 Å². The third-order valence-electron chi connectivity index (χ3n) is 7.28. The minimum absolute atomic E-state index is 0.0268. The first-order valence-corrected chi connectivity index (χ1v) is 12.7. The number of amides is 2. The first-order chi connectivity index (χ1) is 18.3. The van der Waals surface area contributed by atoms with Crippen LogP contribution in [0.2, 0.25) is 0 Å². The molecule has 3 aliphatic rings. The van der Waals surface area contributed by atoms with Crippen LogP contribution in [0.25, 0.3) is 0 Å². The molecule has 1 aromatic heterocycles. The first-order valence-electron chi connectivity index (χ1n) is 12.7. The number of aromatic nitrogens is 2. The van der Waals surface area contributed by atoms with Crippen LogP contribution in [0.3, 0.4) is 0 Å². The molecule has 0 aromatic carbocycles. The van der Waals surface area contributed by atoms with Crippen molar-refractivity contribution in [3.8, 4) is 0 Å². The summed E-state index contributed by atoms with van der Waals surface area (Å²) in [6.45, 7) is 4.72. The lowest BCUT2D eigenvalue weighted by Crippen LogP contribution is -2.65. The fourth-order valence-corrected chi connectivity index (χ4v) is 5.30. The van der Waals surface area contributed by atoms with E-state index < -0.39 is 47.9 Å². The van der Waals surface area contributed by atoms with Crippen LogP contribution in [0.5, 0.6) is 0 Å². The zero-order valence-corrected chi connectivity index (χ0v) is 21.3. The zero-order chi connectivity index (χ0) is 28.5. The van der Waals surface area contributed by atoms with Gasteiger partial charge >= 0.3 is 12.4 Å². The maximum atomic E-state index is 13.4. The summed E-state index contributed by atoms with van der Waals surface area (Å²) in [5.74, 6) is -3.52. The van der Waals surface area contributed by atoms with Crippen LogP contribution in [-0.2, 0) is 20.5 Å². The molecule has 0 aliphatic carbocycles. The molecule has 10 nitrogen and oxygen atoms in total. The number of carbonyl (C=O) groups is 2. The molecule has 3 saturated heterocycles. The maximum absolute atomic E-state index is 13.4. The molecule has 0 spiro atoms. The average Bonchev–Trinajstić information content (AvgIpc) is 3.14. The summed E-state index contributed by atoms with van der Waals surface area (Å²) in [6.07, 6.45) is -7.33. The number of alkyl halides is 6. The van der Waals surface area contributed by atoms with Gasteiger partial charge < -0.3 is 19.9 Å². The molecular weight excluding hydrogens is 536 g/mol. The SMILES string of the molecule is C[C@@H](CO[C@H]1C(=O)N(C2CCN(c3ncc(C(F)(F)F)cn3)CC2)C[C@@H]1C)NC1CNNC(=O)C1C(F)(F)F. The van der Waals surface area contributed by atoms with Crippen molar-refractivity contribution in [3.63, 3.8) is 0 Å². The summed E-state index contributed by atoms with van der Waals surface area (Å²) in [7, 11) is 0. The predicted octanol–water partition coefficient (Wildman–Crippen LogP) is 1.49. The lowest BCUT2D eigenvalue weighted by molar-refractivity contribution is -0.193. The third-order valence-corrected chi connectivity index (χ3v) is 7.28. The molecule has 5 atom stereocenters. The number of likely N-dealkylation sites (tertiary alicyclic amines) is 1. The molecule has 1 aromatic rings. The van der Waals surface area contributed by atoms with E-state index in [9.17, 15) is 35.9 Å². The van der Waals surface area contributed by atoms with Crippen molar-refractivity contribution >= 4 is 17.8 Å². The number of hydrogen-bond acceptors (Lipinski definition) is 8. The van der Waals surface area contributed by atoms with E-state index in [1.807, 2.05) is 12.3 Å². The molecule has 0 saturated carbocycles. The van der Waals surface area contributed by atoms with Gasteiger partial charge in [-0.25, -0.2) is 15.4 Å². The number of hydrogen-bond donors (Lipinski definition) is 3. The Bertz CT molecular complexity index is 1020. The molecule has 4 heterocycles. The molecule has 2 amide bonds. The van der Waals surface area contributed by atoms with Crippen molar-refractivity contribution in [2.45, 2.75) is 63.3 Å². The maximum Gasteiger partial charge on any atom is 0.419 e. The quantitative estimate of drug-likeness (QED) is 0.425. The Labute approximate surface area is 220 Å². The van der Waals surface area contributed by atoms with E-state index in [4.69, 9.17) is 4.74 Å². The second kappa shape index (κ2) is 11.4. The van der Waals surface area contributed by atoms with Gasteiger partial charge in [-0.3, -0.25) is 15.0 Å². The van der Waals surface area contributed by atoms with Gasteiger partial charge in [-0.15, -0.1) is 0 Å². The number of piperidine rings is 1. The number of ether oxygens (including phenoxy) is 1. The Hall–Kier alpha value is -2.72. The van der Waals surface area contributed by atoms with Gasteiger partial charge in [-0.1, -0.05) is 6.92 Å². The van der Waals surface area contributed by atoms with E-state index in [0.717, 1.165) is 12.4 Å². The molecule has 3 N–H and O–H groups in total. The first kappa shape index (κ1) is 29.3. The Balaban J connectivity index is 1.27. The topological polar surface area (TPSA) is 112 Å². The van der Waals surface area contributed by atoms with E-state index in [1.54, 1.807) is 16.7 Å². The van der Waals surface area contributed by atoms with Gasteiger partial charge in [0.2, 0.25) is 11.9 Å². The van der Waals surface area contributed by atoms with Gasteiger partial charge in [0, 0.05) is 62.6 Å². The normalized spacial score (nSPS) is 28.1. The van der Waals surface area contributed by atoms with E-state index >= 15 is 0 Å². The van der Waals surface area contributed by atoms with Crippen LogP contribution in [0.15, 0.2) is 12.4 Å². The van der Waals surface area contributed by atoms with Crippen molar-refractivity contribution in [2.75, 3.05) is 37.7 Å². The fourth-order valence-electron chi connectivity index (χ4n) is 5.30. The monoisotopic (exact) mass is 567 g/mol. The van der Waals surface area contributed by atoms with E-state index in [0.29, 0.717) is 32.5 Å². The van der Waals surface area contributed by atoms with Crippen molar-refractivity contribution in [1.82, 2.24) is 31.0 Å². The summed E-state index contributed by atoms with van der Waals surface area (Å²) in [6, 6.07) is -1.84. The molecule has 0 bridgehead atoms. The van der Waals surface area contributed by atoms with Crippen molar-refractivity contribution in [1.29, 1.82) is 0 Å². The summed E-state index contributed by atoms with van der Waals surface area (Å²) >= 11 is 0. The van der Waals surface area contributed by atoms with Gasteiger partial charge in [0.15, 0.2) is 5.92 Å². The summed E-state index contributed by atoms with van der Waals surface area (Å²) < 4.78 is 84.2. The van der Waals surface area contributed by atoms with Crippen LogP contribution in [0, 0.1) is 11.8 Å². The Kier molecular flexibility index (Phi) is 8.56. The van der Waals surface area contributed by atoms with E-state index in [-0.39, 0.29) is 37.0 Å². The van der Waals surface area contributed by atoms with Crippen molar-refractivity contribution < 1.29 is 40.7 Å². The number of carbonyl (C=O) groups excluding carboxylic acids is 2. The molecule has 16 heteroatoms. The highest BCUT2D eigenvalue weighted by atomic mass is 19.4. The Morgan fingerprint density at radius 3 is 2.36 bits per heavy atom. The largest absolute Gasteiger partial charge is 0.419 e. The number of rotatable bonds is 7. The second-order valence-electron chi connectivity index (χ2n) is 10.3. The molecule has 3 fully saturated rings. The summed E-state index contributed by atoms with van der Waals surface area (Å²) in [4.78, 5) is 36.1. The van der Waals surface area contributed by atoms with Crippen molar-refractivity contribution in [2.24, 2.45) is 11.8 Å². The zero-order valence-electron chi connectivity index (χ0n) is 21.3. The molecule has 39 heavy (non-hydrogen) atoms. The molecule has 3 aliphatic heterocycles. The van der Waals surface area contributed by atoms with Gasteiger partial charge in [0.25, 0.3) is 5.91 Å². The lowest BCUT2D eigenvalue weighted by Gasteiger charge is -2.37. The highest BCUT2D eigenvalue weighted by molar-refractivity contribution is 5.84. The van der Waals surface area contributed by atoms with E-state index in [1.165, 1.54) is 0 Å². The highest BCUT2D eigenvalue weighted by Gasteiger charge is 2.51. The van der Waals surface area contributed by atoms with Crippen LogP contribution in [-0.4, -0.2) is 89.9 Å². The summed E-state index contributed by atoms with van der Waals surface area (Å²) in [5, 5.41) is 2.79. The Morgan fingerprint density at radius 2 is 1.77 bits per heavy atom. The lowest BCUT2D eigenvalue weighted by atomic mass is 9.96. The molecule has 2 unspecified atom stereocenters. The van der Waals surface area contributed by atoms with Gasteiger partial charge in [0.05, 0.1) is 12.2 Å². The van der Waals surface area contributed by atoms with Gasteiger partial charge in [-0.05, 0) is 19.8 Å². The van der Waals surface area contributed by atoms with E-state index in [2.05, 4.69) is 20.7 Å². The number of nitrogens with zero attached hydrogens (tertiary/aromatic N) is 4. The van der Waals surface area contributed by atoms with Crippen LogP contribution < -0.4 is 21.1 Å². The minimum atomic E-state index is -4.71. The number of hydrazine groups is 1. The number of nitrogens with one attached hydrogen (secondary N) is 3. The number of halogens is 6. The van der Waals surface area contributed by atoms with Crippen LogP contribution in [0.1, 0.15) is 32.3 Å². The minimum Gasteiger partial charge on any atom is -0.366 e. The predicted molar refractivity (Wildman–Crippen MR) is 125 cm³/mol. The van der Waals surface area contributed by atoms with Gasteiger partial charge in [0.1, 0.15) is 6.10 Å². The Morgan fingerprint density at radius 1 is 1.13 bits per heavy atom. The molecular formula is C23H31F6N7O3. The molecule has 218 valence electrons. The highest BCUT2D eigenvalue weighted by Crippen LogP contribution is 2.32. The fraction of sp³-hybridized carbons (Fsp3) is 0.739. The number of anilines is 1. The summed E-state index contributed by atoms with van der Waals surface area (Å²) in [5.41, 5.74) is 3.53. The van der Waals surface area contributed by atoms with Crippen LogP contribution in [0.4, 0.5) is 32.3 Å². The second-order valence-corrected chi connectivity index (χ2v) is 10.3. The third kappa shape index (κ3) is 6.72.